The summed E-state index contributed by atoms with van der Waals surface area (Å²) in [5.41, 5.74) is 4.38. The second-order valence-electron chi connectivity index (χ2n) is 9.56. The molecular formula is C24H31NaO3. The van der Waals surface area contributed by atoms with Gasteiger partial charge in [0.05, 0.1) is 11.9 Å². The molecule has 1 unspecified atom stereocenters. The van der Waals surface area contributed by atoms with Crippen LogP contribution < -0.4 is 34.7 Å². The van der Waals surface area contributed by atoms with Crippen LogP contribution in [0.15, 0.2) is 30.3 Å². The summed E-state index contributed by atoms with van der Waals surface area (Å²) in [5.74, 6) is -2.19. The number of hydrogen-bond acceptors (Lipinski definition) is 3. The fourth-order valence-corrected chi connectivity index (χ4v) is 3.27. The second kappa shape index (κ2) is 8.61. The number of aliphatic carboxylic acids is 1. The van der Waals surface area contributed by atoms with Gasteiger partial charge in [-0.1, -0.05) is 71.9 Å². The van der Waals surface area contributed by atoms with E-state index in [-0.39, 0.29) is 46.1 Å². The average Bonchev–Trinajstić information content (AvgIpc) is 2.50. The Morgan fingerprint density at radius 1 is 0.929 bits per heavy atom. The Kier molecular flexibility index (Phi) is 7.61. The van der Waals surface area contributed by atoms with E-state index in [4.69, 9.17) is 0 Å². The van der Waals surface area contributed by atoms with Gasteiger partial charge in [-0.15, -0.1) is 0 Å². The molecule has 2 rings (SSSR count). The predicted octanol–water partition coefficient (Wildman–Crippen LogP) is 1.49. The van der Waals surface area contributed by atoms with Crippen molar-refractivity contribution in [3.8, 4) is 5.75 Å². The number of phenolic OH excluding ortho intramolecular Hbond substituents is 1. The Hall–Kier alpha value is -1.29. The molecule has 0 aliphatic rings. The molecule has 0 saturated carbocycles. The van der Waals surface area contributed by atoms with E-state index >= 15 is 0 Å². The zero-order valence-corrected chi connectivity index (χ0v) is 20.7. The van der Waals surface area contributed by atoms with Crippen LogP contribution in [0.5, 0.6) is 5.75 Å². The Balaban J connectivity index is 0.00000392. The molecule has 146 valence electrons. The smallest absolute Gasteiger partial charge is 0.549 e. The minimum absolute atomic E-state index is 0. The maximum absolute atomic E-state index is 12.1. The summed E-state index contributed by atoms with van der Waals surface area (Å²) in [5, 5.41) is 23.2. The van der Waals surface area contributed by atoms with Gasteiger partial charge < -0.3 is 15.0 Å². The van der Waals surface area contributed by atoms with Crippen molar-refractivity contribution in [2.24, 2.45) is 0 Å². The molecule has 0 saturated heterocycles. The van der Waals surface area contributed by atoms with Crippen LogP contribution in [0.2, 0.25) is 0 Å². The van der Waals surface area contributed by atoms with E-state index in [0.29, 0.717) is 11.1 Å². The molecule has 0 bridgehead atoms. The molecule has 0 aliphatic carbocycles. The van der Waals surface area contributed by atoms with E-state index in [1.807, 2.05) is 65.0 Å². The van der Waals surface area contributed by atoms with Crippen LogP contribution >= 0.6 is 0 Å². The van der Waals surface area contributed by atoms with Crippen molar-refractivity contribution in [2.75, 3.05) is 0 Å². The Bertz CT molecular complexity index is 871. The SMILES string of the molecule is Cc1ccc(C(C(=O)[O-])c2cc(C(C)(C)C)cc(C(C)(C)C)c2O)cc1C.[Na+]. The fraction of sp³-hybridized carbons (Fsp3) is 0.458. The van der Waals surface area contributed by atoms with Gasteiger partial charge in [-0.3, -0.25) is 0 Å². The molecule has 0 aromatic heterocycles. The number of phenols is 1. The minimum Gasteiger partial charge on any atom is -0.549 e. The van der Waals surface area contributed by atoms with Crippen LogP contribution in [0.3, 0.4) is 0 Å². The van der Waals surface area contributed by atoms with E-state index in [9.17, 15) is 15.0 Å². The van der Waals surface area contributed by atoms with Crippen molar-refractivity contribution in [3.63, 3.8) is 0 Å². The van der Waals surface area contributed by atoms with Crippen molar-refractivity contribution in [1.82, 2.24) is 0 Å². The maximum atomic E-state index is 12.1. The number of carboxylic acid groups (broad SMARTS) is 1. The average molecular weight is 390 g/mol. The second-order valence-corrected chi connectivity index (χ2v) is 9.56. The first kappa shape index (κ1) is 24.7. The van der Waals surface area contributed by atoms with Crippen molar-refractivity contribution in [2.45, 2.75) is 72.1 Å². The van der Waals surface area contributed by atoms with E-state index in [2.05, 4.69) is 20.8 Å². The van der Waals surface area contributed by atoms with Crippen LogP contribution in [-0.4, -0.2) is 11.1 Å². The molecule has 1 N–H and O–H groups in total. The summed E-state index contributed by atoms with van der Waals surface area (Å²) in [7, 11) is 0. The molecule has 1 atom stereocenters. The molecule has 3 nitrogen and oxygen atoms in total. The Morgan fingerprint density at radius 2 is 1.50 bits per heavy atom. The zero-order valence-electron chi connectivity index (χ0n) is 18.7. The number of carbonyl (C=O) groups excluding carboxylic acids is 1. The third kappa shape index (κ3) is 5.20. The molecule has 2 aromatic rings. The van der Waals surface area contributed by atoms with E-state index in [0.717, 1.165) is 22.3 Å². The Morgan fingerprint density at radius 3 is 1.93 bits per heavy atom. The van der Waals surface area contributed by atoms with Crippen LogP contribution in [0.25, 0.3) is 0 Å². The van der Waals surface area contributed by atoms with Gasteiger partial charge in [0.15, 0.2) is 0 Å². The van der Waals surface area contributed by atoms with Gasteiger partial charge >= 0.3 is 29.6 Å². The van der Waals surface area contributed by atoms with Gasteiger partial charge in [-0.25, -0.2) is 0 Å². The van der Waals surface area contributed by atoms with Crippen LogP contribution in [0.1, 0.15) is 80.8 Å². The minimum atomic E-state index is -1.21. The summed E-state index contributed by atoms with van der Waals surface area (Å²) in [4.78, 5) is 12.1. The first-order chi connectivity index (χ1) is 12.2. The monoisotopic (exact) mass is 390 g/mol. The first-order valence-electron chi connectivity index (χ1n) is 9.39. The molecule has 4 heteroatoms. The van der Waals surface area contributed by atoms with Crippen LogP contribution in [-0.2, 0) is 15.6 Å². The summed E-state index contributed by atoms with van der Waals surface area (Å²) < 4.78 is 0. The van der Waals surface area contributed by atoms with Crippen molar-refractivity contribution in [1.29, 1.82) is 0 Å². The summed E-state index contributed by atoms with van der Waals surface area (Å²) in [6.45, 7) is 16.2. The van der Waals surface area contributed by atoms with Crippen LogP contribution in [0.4, 0.5) is 0 Å². The van der Waals surface area contributed by atoms with Gasteiger partial charge in [0.25, 0.3) is 0 Å². The fourth-order valence-electron chi connectivity index (χ4n) is 3.27. The number of carboxylic acids is 1. The van der Waals surface area contributed by atoms with Gasteiger partial charge in [0, 0.05) is 5.56 Å². The van der Waals surface area contributed by atoms with Gasteiger partial charge in [-0.05, 0) is 52.5 Å². The number of hydrogen-bond donors (Lipinski definition) is 1. The number of carbonyl (C=O) groups is 1. The molecule has 0 spiro atoms. The normalized spacial score (nSPS) is 13.0. The van der Waals surface area contributed by atoms with E-state index < -0.39 is 11.9 Å². The van der Waals surface area contributed by atoms with Gasteiger partial charge in [-0.2, -0.15) is 0 Å². The van der Waals surface area contributed by atoms with E-state index in [1.54, 1.807) is 0 Å². The van der Waals surface area contributed by atoms with Gasteiger partial charge in [0.2, 0.25) is 0 Å². The quantitative estimate of drug-likeness (QED) is 0.808. The molecular weight excluding hydrogens is 359 g/mol. The molecule has 0 aliphatic heterocycles. The third-order valence-corrected chi connectivity index (χ3v) is 5.22. The van der Waals surface area contributed by atoms with Crippen molar-refractivity contribution in [3.05, 3.63) is 63.7 Å². The number of aryl methyl sites for hydroxylation is 2. The number of benzene rings is 2. The molecule has 0 fully saturated rings. The molecule has 0 amide bonds. The molecule has 0 heterocycles. The zero-order chi connectivity index (χ0) is 20.7. The Labute approximate surface area is 191 Å². The predicted molar refractivity (Wildman–Crippen MR) is 108 cm³/mol. The topological polar surface area (TPSA) is 60.4 Å². The summed E-state index contributed by atoms with van der Waals surface area (Å²) >= 11 is 0. The number of aromatic hydroxyl groups is 1. The molecule has 28 heavy (non-hydrogen) atoms. The molecule has 0 radical (unpaired) electrons. The maximum Gasteiger partial charge on any atom is 1.00 e. The van der Waals surface area contributed by atoms with Gasteiger partial charge in [0.1, 0.15) is 5.75 Å². The number of rotatable bonds is 3. The van der Waals surface area contributed by atoms with Crippen molar-refractivity contribution >= 4 is 5.97 Å². The third-order valence-electron chi connectivity index (χ3n) is 5.22. The first-order valence-corrected chi connectivity index (χ1v) is 9.39. The standard InChI is InChI=1S/C24H32O3.Na/c1-14-9-10-16(11-15(14)2)20(22(26)27)18-12-17(23(3,4)5)13-19(21(18)25)24(6,7)8;/h9-13,20,25H,1-8H3,(H,26,27);/q;+1/p-1. The largest absolute Gasteiger partial charge is 1.00 e. The molecule has 2 aromatic carbocycles. The summed E-state index contributed by atoms with van der Waals surface area (Å²) in [6, 6.07) is 9.40. The van der Waals surface area contributed by atoms with Crippen LogP contribution in [0, 0.1) is 13.8 Å². The van der Waals surface area contributed by atoms with Crippen molar-refractivity contribution < 1.29 is 44.6 Å². The summed E-state index contributed by atoms with van der Waals surface area (Å²) in [6.07, 6.45) is 0. The van der Waals surface area contributed by atoms with E-state index in [1.165, 1.54) is 0 Å².